The minimum atomic E-state index is -0.438. The number of aryl methyl sites for hydroxylation is 2. The van der Waals surface area contributed by atoms with E-state index < -0.39 is 4.92 Å². The highest BCUT2D eigenvalue weighted by Crippen LogP contribution is 2.34. The predicted molar refractivity (Wildman–Crippen MR) is 168 cm³/mol. The van der Waals surface area contributed by atoms with Gasteiger partial charge < -0.3 is 14.0 Å². The lowest BCUT2D eigenvalue weighted by molar-refractivity contribution is -0.384. The smallest absolute Gasteiger partial charge is 0.282 e. The third kappa shape index (κ3) is 5.27. The Morgan fingerprint density at radius 1 is 0.977 bits per heavy atom. The van der Waals surface area contributed by atoms with Gasteiger partial charge in [0.15, 0.2) is 5.82 Å². The van der Waals surface area contributed by atoms with Gasteiger partial charge in [0, 0.05) is 34.6 Å². The molecule has 0 atom stereocenters. The Labute approximate surface area is 249 Å². The van der Waals surface area contributed by atoms with E-state index >= 15 is 0 Å². The fraction of sp³-hybridized carbons (Fsp3) is 0.242. The second-order valence-corrected chi connectivity index (χ2v) is 10.7. The summed E-state index contributed by atoms with van der Waals surface area (Å²) in [5, 5.41) is 16.6. The molecule has 43 heavy (non-hydrogen) atoms. The van der Waals surface area contributed by atoms with Crippen LogP contribution in [0.3, 0.4) is 0 Å². The third-order valence-electron chi connectivity index (χ3n) is 7.59. The van der Waals surface area contributed by atoms with Gasteiger partial charge in [-0.05, 0) is 74.2 Å². The predicted octanol–water partition coefficient (Wildman–Crippen LogP) is 6.71. The molecule has 5 rings (SSSR count). The van der Waals surface area contributed by atoms with Gasteiger partial charge in [-0.15, -0.1) is 0 Å². The van der Waals surface area contributed by atoms with Crippen LogP contribution in [-0.4, -0.2) is 39.6 Å². The molecule has 0 bridgehead atoms. The summed E-state index contributed by atoms with van der Waals surface area (Å²) in [6.07, 6.45) is 1.62. The topological polar surface area (TPSA) is 114 Å². The van der Waals surface area contributed by atoms with Crippen molar-refractivity contribution in [2.24, 2.45) is 5.10 Å². The lowest BCUT2D eigenvalue weighted by atomic mass is 9.96. The maximum absolute atomic E-state index is 13.9. The van der Waals surface area contributed by atoms with E-state index in [1.165, 1.54) is 23.9 Å². The van der Waals surface area contributed by atoms with Gasteiger partial charge in [-0.1, -0.05) is 26.0 Å². The molecule has 0 amide bonds. The molecule has 5 aromatic rings. The summed E-state index contributed by atoms with van der Waals surface area (Å²) >= 11 is 0. The van der Waals surface area contributed by atoms with Gasteiger partial charge in [-0.25, -0.2) is 4.98 Å². The molecule has 0 radical (unpaired) electrons. The number of nitro groups is 1. The van der Waals surface area contributed by atoms with Crippen LogP contribution in [-0.2, 0) is 0 Å². The zero-order valence-corrected chi connectivity index (χ0v) is 25.2. The number of methoxy groups -OCH3 is 2. The van der Waals surface area contributed by atoms with Gasteiger partial charge in [-0.2, -0.15) is 9.78 Å². The molecule has 0 aliphatic carbocycles. The van der Waals surface area contributed by atoms with E-state index in [0.717, 1.165) is 39.4 Å². The maximum atomic E-state index is 13.9. The molecule has 0 aliphatic rings. The summed E-state index contributed by atoms with van der Waals surface area (Å²) in [6, 6.07) is 17.6. The van der Waals surface area contributed by atoms with Crippen LogP contribution in [0.1, 0.15) is 47.8 Å². The maximum Gasteiger partial charge on any atom is 0.282 e. The van der Waals surface area contributed by atoms with Gasteiger partial charge >= 0.3 is 0 Å². The lowest BCUT2D eigenvalue weighted by Gasteiger charge is -2.17. The van der Waals surface area contributed by atoms with Crippen LogP contribution in [0, 0.1) is 30.9 Å². The van der Waals surface area contributed by atoms with Crippen LogP contribution in [0.5, 0.6) is 11.5 Å². The normalized spacial score (nSPS) is 11.5. The van der Waals surface area contributed by atoms with Gasteiger partial charge in [-0.3, -0.25) is 14.9 Å². The number of benzene rings is 3. The molecule has 2 aromatic heterocycles. The van der Waals surface area contributed by atoms with Gasteiger partial charge in [0.05, 0.1) is 41.9 Å². The number of rotatable bonds is 8. The van der Waals surface area contributed by atoms with E-state index in [0.29, 0.717) is 28.2 Å². The molecular weight excluding hydrogens is 546 g/mol. The number of hydrogen-bond donors (Lipinski definition) is 0. The Morgan fingerprint density at radius 2 is 1.70 bits per heavy atom. The van der Waals surface area contributed by atoms with Crippen LogP contribution < -0.4 is 15.0 Å². The average molecular weight is 580 g/mol. The minimum Gasteiger partial charge on any atom is -0.496 e. The quantitative estimate of drug-likeness (QED) is 0.115. The third-order valence-corrected chi connectivity index (χ3v) is 7.59. The first-order chi connectivity index (χ1) is 20.5. The second kappa shape index (κ2) is 11.6. The second-order valence-electron chi connectivity index (χ2n) is 10.7. The van der Waals surface area contributed by atoms with Gasteiger partial charge in [0.2, 0.25) is 0 Å². The summed E-state index contributed by atoms with van der Waals surface area (Å²) in [6.45, 7) is 9.91. The Balaban J connectivity index is 1.71. The molecule has 0 saturated heterocycles. The number of fused-ring (bicyclic) bond motifs is 1. The first-order valence-electron chi connectivity index (χ1n) is 13.8. The van der Waals surface area contributed by atoms with Crippen molar-refractivity contribution < 1.29 is 14.4 Å². The first kappa shape index (κ1) is 29.2. The van der Waals surface area contributed by atoms with Crippen LogP contribution in [0.4, 0.5) is 5.69 Å². The molecule has 2 heterocycles. The van der Waals surface area contributed by atoms with Crippen molar-refractivity contribution in [1.82, 2.24) is 14.2 Å². The molecule has 0 N–H and O–H groups in total. The largest absolute Gasteiger partial charge is 0.496 e. The highest BCUT2D eigenvalue weighted by molar-refractivity contribution is 5.84. The highest BCUT2D eigenvalue weighted by Gasteiger charge is 2.20. The molecule has 0 saturated carbocycles. The van der Waals surface area contributed by atoms with Crippen molar-refractivity contribution in [3.63, 3.8) is 0 Å². The molecular formula is C33H33N5O5. The first-order valence-corrected chi connectivity index (χ1v) is 13.8. The summed E-state index contributed by atoms with van der Waals surface area (Å²) in [7, 11) is 3.17. The van der Waals surface area contributed by atoms with E-state index in [9.17, 15) is 14.9 Å². The van der Waals surface area contributed by atoms with Crippen LogP contribution in [0.2, 0.25) is 0 Å². The summed E-state index contributed by atoms with van der Waals surface area (Å²) in [5.41, 5.74) is 5.74. The van der Waals surface area contributed by atoms with Crippen molar-refractivity contribution in [1.29, 1.82) is 0 Å². The molecule has 0 spiro atoms. The van der Waals surface area contributed by atoms with Crippen molar-refractivity contribution >= 4 is 22.8 Å². The van der Waals surface area contributed by atoms with Crippen LogP contribution in [0.25, 0.3) is 28.0 Å². The zero-order chi connectivity index (χ0) is 31.0. The van der Waals surface area contributed by atoms with E-state index in [1.807, 2.05) is 55.7 Å². The Bertz CT molecular complexity index is 1970. The Kier molecular flexibility index (Phi) is 7.86. The summed E-state index contributed by atoms with van der Waals surface area (Å²) in [4.78, 5) is 29.8. The number of nitro benzene ring substituents is 1. The monoisotopic (exact) mass is 579 g/mol. The van der Waals surface area contributed by atoms with E-state index in [2.05, 4.69) is 13.8 Å². The SMILES string of the molecule is COc1cc(C)c(-c2nc3ccccc3c(=O)n2N=Cc2cc(C)n(-c3cc([N+](=O)[O-])ccc3OC)c2C)cc1C(C)C. The van der Waals surface area contributed by atoms with Crippen LogP contribution >= 0.6 is 0 Å². The number of nitrogens with zero attached hydrogens (tertiary/aromatic N) is 5. The molecule has 0 unspecified atom stereocenters. The molecule has 3 aromatic carbocycles. The standard InChI is InChI=1S/C33H33N5O5/c1-19(2)26-17-27(20(3)14-31(26)43-7)32-35-28-11-9-8-10-25(28)33(39)37(32)34-18-23-15-21(4)36(22(23)5)29-16-24(38(40)41)12-13-30(29)42-6/h8-19H,1-7H3. The van der Waals surface area contributed by atoms with E-state index in [1.54, 1.807) is 31.5 Å². The minimum absolute atomic E-state index is 0.0485. The fourth-order valence-corrected chi connectivity index (χ4v) is 5.35. The number of non-ortho nitro benzene ring substituents is 1. The number of aromatic nitrogens is 3. The highest BCUT2D eigenvalue weighted by atomic mass is 16.6. The Hall–Kier alpha value is -5.25. The fourth-order valence-electron chi connectivity index (χ4n) is 5.35. The van der Waals surface area contributed by atoms with Crippen molar-refractivity contribution in [2.45, 2.75) is 40.5 Å². The lowest BCUT2D eigenvalue weighted by Crippen LogP contribution is -2.21. The molecule has 0 aliphatic heterocycles. The molecule has 220 valence electrons. The Morgan fingerprint density at radius 3 is 2.37 bits per heavy atom. The molecule has 0 fully saturated rings. The number of hydrogen-bond acceptors (Lipinski definition) is 7. The van der Waals surface area contributed by atoms with E-state index in [4.69, 9.17) is 19.6 Å². The van der Waals surface area contributed by atoms with Crippen LogP contribution in [0.15, 0.2) is 70.6 Å². The number of ether oxygens (including phenoxy) is 2. The number of para-hydroxylation sites is 1. The molecule has 10 heteroatoms. The molecule has 10 nitrogen and oxygen atoms in total. The summed E-state index contributed by atoms with van der Waals surface area (Å²) in [5.74, 6) is 1.85. The van der Waals surface area contributed by atoms with Crippen molar-refractivity contribution in [2.75, 3.05) is 14.2 Å². The van der Waals surface area contributed by atoms with Crippen molar-refractivity contribution in [3.8, 4) is 28.6 Å². The summed E-state index contributed by atoms with van der Waals surface area (Å²) < 4.78 is 14.4. The zero-order valence-electron chi connectivity index (χ0n) is 25.2. The van der Waals surface area contributed by atoms with Gasteiger partial charge in [0.25, 0.3) is 11.2 Å². The van der Waals surface area contributed by atoms with Gasteiger partial charge in [0.1, 0.15) is 11.5 Å². The average Bonchev–Trinajstić information content (AvgIpc) is 3.27. The van der Waals surface area contributed by atoms with E-state index in [-0.39, 0.29) is 17.2 Å². The van der Waals surface area contributed by atoms with Crippen molar-refractivity contribution in [3.05, 3.63) is 109 Å².